The van der Waals surface area contributed by atoms with Crippen molar-refractivity contribution in [2.45, 2.75) is 26.2 Å². The first kappa shape index (κ1) is 15.9. The summed E-state index contributed by atoms with van der Waals surface area (Å²) >= 11 is 0. The molecule has 0 bridgehead atoms. The van der Waals surface area contributed by atoms with Crippen LogP contribution in [-0.2, 0) is 5.41 Å². The average Bonchev–Trinajstić information content (AvgIpc) is 3.08. The minimum Gasteiger partial charge on any atom is -0.497 e. The molecule has 1 amide bonds. The molecule has 7 heteroatoms. The number of aromatic amines is 1. The van der Waals surface area contributed by atoms with Gasteiger partial charge in [-0.15, -0.1) is 0 Å². The molecule has 0 aliphatic heterocycles. The Bertz CT molecular complexity index is 884. The predicted molar refractivity (Wildman–Crippen MR) is 93.0 cm³/mol. The number of fused-ring (bicyclic) bond motifs is 1. The molecule has 0 fully saturated rings. The van der Waals surface area contributed by atoms with Crippen molar-refractivity contribution < 1.29 is 9.53 Å². The van der Waals surface area contributed by atoms with E-state index in [0.29, 0.717) is 11.2 Å². The van der Waals surface area contributed by atoms with Crippen LogP contribution in [0.4, 0.5) is 11.5 Å². The van der Waals surface area contributed by atoms with Gasteiger partial charge in [0.15, 0.2) is 5.82 Å². The molecule has 0 saturated carbocycles. The third-order valence-corrected chi connectivity index (χ3v) is 3.83. The zero-order chi connectivity index (χ0) is 17.5. The van der Waals surface area contributed by atoms with Crippen molar-refractivity contribution >= 4 is 23.1 Å². The van der Waals surface area contributed by atoms with E-state index >= 15 is 0 Å². The second-order valence-electron chi connectivity index (χ2n) is 6.64. The number of benzene rings is 1. The van der Waals surface area contributed by atoms with Gasteiger partial charge in [0.2, 0.25) is 0 Å². The lowest BCUT2D eigenvalue weighted by Crippen LogP contribution is -2.15. The van der Waals surface area contributed by atoms with Gasteiger partial charge in [-0.25, -0.2) is 0 Å². The number of methoxy groups -OCH3 is 1. The van der Waals surface area contributed by atoms with E-state index in [0.717, 1.165) is 22.9 Å². The van der Waals surface area contributed by atoms with Crippen LogP contribution in [0.1, 0.15) is 36.8 Å². The van der Waals surface area contributed by atoms with Gasteiger partial charge in [0.1, 0.15) is 17.0 Å². The zero-order valence-electron chi connectivity index (χ0n) is 14.2. The number of ether oxygens (including phenoxy) is 1. The molecule has 2 aromatic heterocycles. The fourth-order valence-electron chi connectivity index (χ4n) is 2.57. The van der Waals surface area contributed by atoms with E-state index in [1.165, 1.54) is 6.20 Å². The van der Waals surface area contributed by atoms with Crippen LogP contribution in [0, 0.1) is 0 Å². The highest BCUT2D eigenvalue weighted by atomic mass is 16.5. The molecule has 1 aromatic carbocycles. The summed E-state index contributed by atoms with van der Waals surface area (Å²) in [5, 5.41) is 7.67. The van der Waals surface area contributed by atoms with Crippen LogP contribution in [0.3, 0.4) is 0 Å². The average molecular weight is 327 g/mol. The maximum absolute atomic E-state index is 11.6. The van der Waals surface area contributed by atoms with Crippen LogP contribution in [0.5, 0.6) is 5.75 Å². The number of aromatic nitrogens is 3. The van der Waals surface area contributed by atoms with Crippen molar-refractivity contribution in [2.75, 3.05) is 12.4 Å². The Hall–Kier alpha value is -2.96. The zero-order valence-corrected chi connectivity index (χ0v) is 14.2. The van der Waals surface area contributed by atoms with Crippen molar-refractivity contribution in [2.24, 2.45) is 5.73 Å². The summed E-state index contributed by atoms with van der Waals surface area (Å²) in [6.45, 7) is 6.25. The van der Waals surface area contributed by atoms with Gasteiger partial charge in [0, 0.05) is 11.1 Å². The number of primary amides is 1. The Balaban J connectivity index is 2.11. The molecule has 0 spiro atoms. The van der Waals surface area contributed by atoms with Crippen molar-refractivity contribution in [3.8, 4) is 5.75 Å². The lowest BCUT2D eigenvalue weighted by molar-refractivity contribution is 0.100. The topological polar surface area (TPSA) is 97.4 Å². The van der Waals surface area contributed by atoms with Crippen LogP contribution in [0.25, 0.3) is 5.65 Å². The number of rotatable bonds is 4. The highest BCUT2D eigenvalue weighted by Gasteiger charge is 2.26. The first-order chi connectivity index (χ1) is 11.3. The molecule has 3 rings (SSSR count). The third kappa shape index (κ3) is 2.68. The molecular formula is C17H21N5O2. The Labute approximate surface area is 139 Å². The van der Waals surface area contributed by atoms with Crippen LogP contribution >= 0.6 is 0 Å². The smallest absolute Gasteiger partial charge is 0.254 e. The van der Waals surface area contributed by atoms with E-state index in [9.17, 15) is 4.79 Å². The number of carbonyl (C=O) groups is 1. The fraction of sp³-hybridized carbons (Fsp3) is 0.294. The second-order valence-corrected chi connectivity index (χ2v) is 6.64. The number of carbonyl (C=O) groups excluding carboxylic acids is 1. The molecule has 0 atom stereocenters. The Morgan fingerprint density at radius 3 is 2.50 bits per heavy atom. The highest BCUT2D eigenvalue weighted by Crippen LogP contribution is 2.33. The molecule has 7 nitrogen and oxygen atoms in total. The number of hydrogen-bond donors (Lipinski definition) is 3. The van der Waals surface area contributed by atoms with Crippen LogP contribution in [0.15, 0.2) is 30.5 Å². The minimum atomic E-state index is -0.511. The molecule has 3 aromatic rings. The van der Waals surface area contributed by atoms with Gasteiger partial charge < -0.3 is 20.8 Å². The SMILES string of the molecule is COc1ccc(Nc2c(C(C)(C)C)[nH]c3c(C(N)=O)cnn23)cc1. The summed E-state index contributed by atoms with van der Waals surface area (Å²) in [5.74, 6) is 1.05. The summed E-state index contributed by atoms with van der Waals surface area (Å²) in [6.07, 6.45) is 1.47. The molecule has 0 unspecified atom stereocenters. The minimum absolute atomic E-state index is 0.176. The first-order valence-electron chi connectivity index (χ1n) is 7.62. The van der Waals surface area contributed by atoms with Gasteiger partial charge in [-0.3, -0.25) is 4.79 Å². The normalized spacial score (nSPS) is 11.7. The third-order valence-electron chi connectivity index (χ3n) is 3.83. The van der Waals surface area contributed by atoms with Gasteiger partial charge >= 0.3 is 0 Å². The van der Waals surface area contributed by atoms with Crippen molar-refractivity contribution in [3.63, 3.8) is 0 Å². The van der Waals surface area contributed by atoms with E-state index < -0.39 is 5.91 Å². The van der Waals surface area contributed by atoms with Crippen LogP contribution < -0.4 is 15.8 Å². The summed E-state index contributed by atoms with van der Waals surface area (Å²) < 4.78 is 6.85. The maximum Gasteiger partial charge on any atom is 0.254 e. The lowest BCUT2D eigenvalue weighted by Gasteiger charge is -2.19. The van der Waals surface area contributed by atoms with Gasteiger partial charge in [0.05, 0.1) is 19.0 Å². The largest absolute Gasteiger partial charge is 0.497 e. The molecule has 0 aliphatic carbocycles. The monoisotopic (exact) mass is 327 g/mol. The molecule has 0 aliphatic rings. The molecule has 2 heterocycles. The van der Waals surface area contributed by atoms with Crippen molar-refractivity contribution in [1.82, 2.24) is 14.6 Å². The maximum atomic E-state index is 11.6. The first-order valence-corrected chi connectivity index (χ1v) is 7.62. The van der Waals surface area contributed by atoms with Gasteiger partial charge in [-0.1, -0.05) is 20.8 Å². The van der Waals surface area contributed by atoms with E-state index in [2.05, 4.69) is 36.2 Å². The number of nitrogens with zero attached hydrogens (tertiary/aromatic N) is 2. The standard InChI is InChI=1S/C17H21N5O2/c1-17(2,3)13-16(20-10-5-7-11(24-4)8-6-10)22-15(21-13)12(9-19-22)14(18)23/h5-9,20-21H,1-4H3,(H2,18,23). The molecule has 4 N–H and O–H groups in total. The van der Waals surface area contributed by atoms with Gasteiger partial charge in [0.25, 0.3) is 5.91 Å². The van der Waals surface area contributed by atoms with Gasteiger partial charge in [-0.2, -0.15) is 9.61 Å². The lowest BCUT2D eigenvalue weighted by atomic mass is 9.92. The van der Waals surface area contributed by atoms with E-state index in [4.69, 9.17) is 10.5 Å². The summed E-state index contributed by atoms with van der Waals surface area (Å²) in [4.78, 5) is 14.9. The number of anilines is 2. The van der Waals surface area contributed by atoms with Gasteiger partial charge in [-0.05, 0) is 24.3 Å². The summed E-state index contributed by atoms with van der Waals surface area (Å²) in [5.41, 5.74) is 8.03. The van der Waals surface area contributed by atoms with Crippen LogP contribution in [-0.4, -0.2) is 27.6 Å². The number of imidazole rings is 1. The Morgan fingerprint density at radius 2 is 1.96 bits per heavy atom. The van der Waals surface area contributed by atoms with Crippen molar-refractivity contribution in [3.05, 3.63) is 41.7 Å². The number of nitrogens with one attached hydrogen (secondary N) is 2. The number of amides is 1. The number of nitrogens with two attached hydrogens (primary N) is 1. The molecule has 0 radical (unpaired) electrons. The quantitative estimate of drug-likeness (QED) is 0.686. The number of H-pyrrole nitrogens is 1. The molecular weight excluding hydrogens is 306 g/mol. The van der Waals surface area contributed by atoms with E-state index in [1.807, 2.05) is 24.3 Å². The number of hydrogen-bond acceptors (Lipinski definition) is 4. The Kier molecular flexibility index (Phi) is 3.71. The molecule has 24 heavy (non-hydrogen) atoms. The van der Waals surface area contributed by atoms with Crippen LogP contribution in [0.2, 0.25) is 0 Å². The molecule has 126 valence electrons. The van der Waals surface area contributed by atoms with E-state index in [-0.39, 0.29) is 5.41 Å². The van der Waals surface area contributed by atoms with E-state index in [1.54, 1.807) is 11.6 Å². The summed E-state index contributed by atoms with van der Waals surface area (Å²) in [7, 11) is 1.63. The fourth-order valence-corrected chi connectivity index (χ4v) is 2.57. The molecule has 0 saturated heterocycles. The summed E-state index contributed by atoms with van der Waals surface area (Å²) in [6, 6.07) is 7.59. The second kappa shape index (κ2) is 5.59. The Morgan fingerprint density at radius 1 is 1.29 bits per heavy atom. The predicted octanol–water partition coefficient (Wildman–Crippen LogP) is 2.81. The van der Waals surface area contributed by atoms with Crippen molar-refractivity contribution in [1.29, 1.82) is 0 Å². The highest BCUT2D eigenvalue weighted by molar-refractivity contribution is 5.99.